The summed E-state index contributed by atoms with van der Waals surface area (Å²) < 4.78 is 0. The molecule has 1 aromatic rings. The van der Waals surface area contributed by atoms with Gasteiger partial charge >= 0.3 is 0 Å². The highest BCUT2D eigenvalue weighted by Crippen LogP contribution is 2.57. The first-order chi connectivity index (χ1) is 7.72. The summed E-state index contributed by atoms with van der Waals surface area (Å²) in [5.41, 5.74) is 9.16. The zero-order chi connectivity index (χ0) is 11.2. The predicted molar refractivity (Wildman–Crippen MR) is 66.1 cm³/mol. The van der Waals surface area contributed by atoms with Crippen molar-refractivity contribution in [1.29, 1.82) is 0 Å². The van der Waals surface area contributed by atoms with E-state index in [1.165, 1.54) is 30.6 Å². The van der Waals surface area contributed by atoms with Gasteiger partial charge in [-0.25, -0.2) is 0 Å². The van der Waals surface area contributed by atoms with E-state index in [0.29, 0.717) is 5.41 Å². The van der Waals surface area contributed by atoms with Crippen LogP contribution in [-0.2, 0) is 6.54 Å². The van der Waals surface area contributed by atoms with Gasteiger partial charge in [-0.1, -0.05) is 29.8 Å². The van der Waals surface area contributed by atoms with Gasteiger partial charge < -0.3 is 5.73 Å². The van der Waals surface area contributed by atoms with Gasteiger partial charge in [-0.2, -0.15) is 0 Å². The monoisotopic (exact) mass is 216 g/mol. The van der Waals surface area contributed by atoms with Crippen LogP contribution in [0.2, 0.25) is 0 Å². The van der Waals surface area contributed by atoms with Gasteiger partial charge in [0.25, 0.3) is 0 Å². The number of aryl methyl sites for hydroxylation is 1. The zero-order valence-electron chi connectivity index (χ0n) is 9.95. The molecule has 16 heavy (non-hydrogen) atoms. The average molecular weight is 216 g/mol. The van der Waals surface area contributed by atoms with Crippen molar-refractivity contribution in [2.24, 2.45) is 17.1 Å². The smallest absolute Gasteiger partial charge is 0.0234 e. The molecular weight excluding hydrogens is 196 g/mol. The van der Waals surface area contributed by atoms with Crippen molar-refractivity contribution >= 4 is 0 Å². The first-order valence-corrected chi connectivity index (χ1v) is 6.20. The fraction of sp³-hybridized carbons (Fsp3) is 0.571. The number of rotatable bonds is 3. The maximum atomic E-state index is 5.86. The Balaban J connectivity index is 1.65. The lowest BCUT2D eigenvalue weighted by atomic mass is 10.1. The molecule has 0 bridgehead atoms. The van der Waals surface area contributed by atoms with Crippen LogP contribution >= 0.6 is 0 Å². The van der Waals surface area contributed by atoms with Gasteiger partial charge in [0.15, 0.2) is 0 Å². The van der Waals surface area contributed by atoms with E-state index in [1.807, 2.05) is 0 Å². The highest BCUT2D eigenvalue weighted by molar-refractivity contribution is 5.23. The van der Waals surface area contributed by atoms with E-state index in [4.69, 9.17) is 5.73 Å². The Kier molecular flexibility index (Phi) is 2.30. The quantitative estimate of drug-likeness (QED) is 0.834. The molecule has 0 amide bonds. The highest BCUT2D eigenvalue weighted by atomic mass is 15.2. The van der Waals surface area contributed by atoms with Crippen molar-refractivity contribution in [1.82, 2.24) is 4.90 Å². The molecule has 2 aliphatic rings. The van der Waals surface area contributed by atoms with Gasteiger partial charge in [0.05, 0.1) is 0 Å². The fourth-order valence-corrected chi connectivity index (χ4v) is 3.21. The van der Waals surface area contributed by atoms with Gasteiger partial charge in [-0.15, -0.1) is 0 Å². The molecule has 86 valence electrons. The summed E-state index contributed by atoms with van der Waals surface area (Å²) >= 11 is 0. The van der Waals surface area contributed by atoms with E-state index in [2.05, 4.69) is 36.1 Å². The molecule has 0 aromatic heterocycles. The van der Waals surface area contributed by atoms with Gasteiger partial charge in [0.1, 0.15) is 0 Å². The van der Waals surface area contributed by atoms with Gasteiger partial charge in [-0.3, -0.25) is 4.90 Å². The third-order valence-corrected chi connectivity index (χ3v) is 4.27. The predicted octanol–water partition coefficient (Wildman–Crippen LogP) is 1.78. The Morgan fingerprint density at radius 1 is 1.50 bits per heavy atom. The summed E-state index contributed by atoms with van der Waals surface area (Å²) in [6.07, 6.45) is 1.37. The summed E-state index contributed by atoms with van der Waals surface area (Å²) in [7, 11) is 0. The van der Waals surface area contributed by atoms with E-state index in [-0.39, 0.29) is 0 Å². The molecule has 0 unspecified atom stereocenters. The summed E-state index contributed by atoms with van der Waals surface area (Å²) in [6, 6.07) is 8.83. The molecule has 2 heteroatoms. The summed E-state index contributed by atoms with van der Waals surface area (Å²) in [5.74, 6) is 0.891. The largest absolute Gasteiger partial charge is 0.330 e. The van der Waals surface area contributed by atoms with Crippen molar-refractivity contribution in [2.75, 3.05) is 19.6 Å². The van der Waals surface area contributed by atoms with E-state index >= 15 is 0 Å². The summed E-state index contributed by atoms with van der Waals surface area (Å²) in [6.45, 7) is 6.60. The second-order valence-corrected chi connectivity index (χ2v) is 5.63. The summed E-state index contributed by atoms with van der Waals surface area (Å²) in [5, 5.41) is 0. The Morgan fingerprint density at radius 2 is 2.38 bits per heavy atom. The lowest BCUT2D eigenvalue weighted by Gasteiger charge is -2.20. The van der Waals surface area contributed by atoms with Crippen LogP contribution < -0.4 is 5.73 Å². The van der Waals surface area contributed by atoms with Crippen LogP contribution in [0.3, 0.4) is 0 Å². The Labute approximate surface area is 97.4 Å². The van der Waals surface area contributed by atoms with Crippen molar-refractivity contribution in [3.8, 4) is 0 Å². The third kappa shape index (κ3) is 1.66. The van der Waals surface area contributed by atoms with E-state index in [9.17, 15) is 0 Å². The normalized spacial score (nSPS) is 32.8. The molecule has 2 nitrogen and oxygen atoms in total. The van der Waals surface area contributed by atoms with Gasteiger partial charge in [-0.05, 0) is 36.8 Å². The highest BCUT2D eigenvalue weighted by Gasteiger charge is 2.58. The van der Waals surface area contributed by atoms with Crippen molar-refractivity contribution in [3.05, 3.63) is 35.4 Å². The molecule has 1 aliphatic heterocycles. The minimum Gasteiger partial charge on any atom is -0.330 e. The van der Waals surface area contributed by atoms with Crippen LogP contribution in [0.1, 0.15) is 17.5 Å². The van der Waals surface area contributed by atoms with Crippen molar-refractivity contribution in [2.45, 2.75) is 19.9 Å². The van der Waals surface area contributed by atoms with E-state index in [0.717, 1.165) is 19.0 Å². The molecule has 0 spiro atoms. The lowest BCUT2D eigenvalue weighted by Crippen LogP contribution is -2.28. The number of likely N-dealkylation sites (tertiary alicyclic amines) is 1. The maximum Gasteiger partial charge on any atom is 0.0234 e. The zero-order valence-corrected chi connectivity index (χ0v) is 9.95. The molecule has 0 radical (unpaired) electrons. The average Bonchev–Trinajstić information content (AvgIpc) is 2.82. The molecule has 1 aromatic carbocycles. The number of hydrogen-bond donors (Lipinski definition) is 1. The Hall–Kier alpha value is -0.860. The van der Waals surface area contributed by atoms with E-state index < -0.39 is 0 Å². The first-order valence-electron chi connectivity index (χ1n) is 6.20. The Morgan fingerprint density at radius 3 is 3.06 bits per heavy atom. The number of nitrogens with two attached hydrogens (primary N) is 1. The maximum absolute atomic E-state index is 5.86. The molecule has 1 heterocycles. The second kappa shape index (κ2) is 3.57. The number of hydrogen-bond acceptors (Lipinski definition) is 2. The molecule has 3 rings (SSSR count). The number of benzene rings is 1. The minimum absolute atomic E-state index is 0.504. The molecule has 1 saturated heterocycles. The van der Waals surface area contributed by atoms with Crippen LogP contribution in [0.25, 0.3) is 0 Å². The molecule has 2 N–H and O–H groups in total. The Bertz CT molecular complexity index is 397. The van der Waals surface area contributed by atoms with Gasteiger partial charge in [0, 0.05) is 19.6 Å². The summed E-state index contributed by atoms with van der Waals surface area (Å²) in [4.78, 5) is 2.57. The molecule has 1 aliphatic carbocycles. The number of fused-ring (bicyclic) bond motifs is 1. The standard InChI is InChI=1S/C14H20N2/c1-11-3-2-4-12(5-11)7-16-8-13-6-14(13,9-15)10-16/h2-5,13H,6-10,15H2,1H3/t13-,14+/m1/s1. The third-order valence-electron chi connectivity index (χ3n) is 4.27. The lowest BCUT2D eigenvalue weighted by molar-refractivity contribution is 0.274. The number of piperidine rings is 1. The van der Waals surface area contributed by atoms with Crippen LogP contribution in [0.4, 0.5) is 0 Å². The van der Waals surface area contributed by atoms with Gasteiger partial charge in [0.2, 0.25) is 0 Å². The minimum atomic E-state index is 0.504. The van der Waals surface area contributed by atoms with E-state index in [1.54, 1.807) is 0 Å². The fourth-order valence-electron chi connectivity index (χ4n) is 3.21. The van der Waals surface area contributed by atoms with Crippen LogP contribution in [0.15, 0.2) is 24.3 Å². The van der Waals surface area contributed by atoms with Crippen LogP contribution in [0.5, 0.6) is 0 Å². The number of nitrogens with zero attached hydrogens (tertiary/aromatic N) is 1. The van der Waals surface area contributed by atoms with Crippen molar-refractivity contribution in [3.63, 3.8) is 0 Å². The second-order valence-electron chi connectivity index (χ2n) is 5.63. The topological polar surface area (TPSA) is 29.3 Å². The SMILES string of the molecule is Cc1cccc(CN2C[C@H]3C[C@]3(CN)C2)c1. The van der Waals surface area contributed by atoms with Crippen LogP contribution in [0, 0.1) is 18.3 Å². The molecule has 1 saturated carbocycles. The molecule has 2 atom stereocenters. The first kappa shape index (κ1) is 10.3. The van der Waals surface area contributed by atoms with Crippen LogP contribution in [-0.4, -0.2) is 24.5 Å². The molecular formula is C14H20N2. The van der Waals surface area contributed by atoms with Crippen molar-refractivity contribution < 1.29 is 0 Å². The molecule has 2 fully saturated rings.